The highest BCUT2D eigenvalue weighted by molar-refractivity contribution is 7.17. The van der Waals surface area contributed by atoms with Gasteiger partial charge in [0, 0.05) is 6.04 Å². The van der Waals surface area contributed by atoms with Crippen molar-refractivity contribution in [1.82, 2.24) is 4.98 Å². The molecule has 5 heteroatoms. The third-order valence-corrected chi connectivity index (χ3v) is 4.26. The van der Waals surface area contributed by atoms with Crippen molar-refractivity contribution < 1.29 is 9.53 Å². The minimum absolute atomic E-state index is 0.298. The molecular formula is C12H18N2O2S. The zero-order valence-corrected chi connectivity index (χ0v) is 11.3. The van der Waals surface area contributed by atoms with Crippen LogP contribution in [0.15, 0.2) is 0 Å². The van der Waals surface area contributed by atoms with Gasteiger partial charge in [0.25, 0.3) is 0 Å². The number of nitrogens with zero attached hydrogens (tertiary/aromatic N) is 1. The summed E-state index contributed by atoms with van der Waals surface area (Å²) in [5.41, 5.74) is 0.746. The number of carbonyl (C=O) groups excluding carboxylic acids is 1. The second-order valence-electron chi connectivity index (χ2n) is 4.68. The van der Waals surface area contributed by atoms with Crippen molar-refractivity contribution in [3.63, 3.8) is 0 Å². The first-order chi connectivity index (χ1) is 8.10. The van der Waals surface area contributed by atoms with E-state index >= 15 is 0 Å². The first-order valence-corrected chi connectivity index (χ1v) is 6.74. The molecule has 1 aromatic rings. The topological polar surface area (TPSA) is 51.2 Å². The molecule has 1 aliphatic rings. The average Bonchev–Trinajstić information content (AvgIpc) is 2.85. The number of methoxy groups -OCH3 is 1. The molecule has 1 fully saturated rings. The Balaban J connectivity index is 2.05. The summed E-state index contributed by atoms with van der Waals surface area (Å²) in [6.45, 7) is 4.11. The Morgan fingerprint density at radius 1 is 1.53 bits per heavy atom. The molecule has 1 saturated carbocycles. The molecule has 0 amide bonds. The number of hydrogen-bond acceptors (Lipinski definition) is 5. The fraction of sp³-hybridized carbons (Fsp3) is 0.667. The van der Waals surface area contributed by atoms with Gasteiger partial charge in [-0.15, -0.1) is 0 Å². The van der Waals surface area contributed by atoms with Crippen LogP contribution in [0.25, 0.3) is 0 Å². The molecule has 0 saturated heterocycles. The molecule has 0 aromatic carbocycles. The number of aryl methyl sites for hydroxylation is 1. The van der Waals surface area contributed by atoms with Crippen LogP contribution in [0.3, 0.4) is 0 Å². The zero-order valence-electron chi connectivity index (χ0n) is 10.4. The molecule has 0 bridgehead atoms. The van der Waals surface area contributed by atoms with Crippen LogP contribution in [0.4, 0.5) is 5.13 Å². The predicted molar refractivity (Wildman–Crippen MR) is 68.6 cm³/mol. The Kier molecular flexibility index (Phi) is 3.66. The highest BCUT2D eigenvalue weighted by Crippen LogP contribution is 2.30. The lowest BCUT2D eigenvalue weighted by molar-refractivity contribution is 0.0605. The number of ether oxygens (including phenoxy) is 1. The molecule has 0 radical (unpaired) electrons. The van der Waals surface area contributed by atoms with Gasteiger partial charge in [0.05, 0.1) is 12.8 Å². The van der Waals surface area contributed by atoms with Gasteiger partial charge < -0.3 is 10.1 Å². The highest BCUT2D eigenvalue weighted by Gasteiger charge is 2.23. The number of esters is 1. The minimum atomic E-state index is -0.298. The van der Waals surface area contributed by atoms with Crippen LogP contribution in [0, 0.1) is 12.8 Å². The van der Waals surface area contributed by atoms with E-state index in [0.29, 0.717) is 10.9 Å². The van der Waals surface area contributed by atoms with Crippen molar-refractivity contribution in [2.45, 2.75) is 39.2 Å². The van der Waals surface area contributed by atoms with Crippen LogP contribution in [-0.4, -0.2) is 24.1 Å². The maximum atomic E-state index is 11.5. The number of aromatic nitrogens is 1. The minimum Gasteiger partial charge on any atom is -0.465 e. The van der Waals surface area contributed by atoms with E-state index < -0.39 is 0 Å². The van der Waals surface area contributed by atoms with Crippen LogP contribution in [0.1, 0.15) is 41.6 Å². The molecular weight excluding hydrogens is 236 g/mol. The maximum Gasteiger partial charge on any atom is 0.350 e. The lowest BCUT2D eigenvalue weighted by Crippen LogP contribution is -2.14. The summed E-state index contributed by atoms with van der Waals surface area (Å²) in [5.74, 6) is 0.487. The van der Waals surface area contributed by atoms with Gasteiger partial charge in [0.2, 0.25) is 0 Å². The Hall–Kier alpha value is -1.10. The van der Waals surface area contributed by atoms with E-state index in [1.54, 1.807) is 0 Å². The van der Waals surface area contributed by atoms with E-state index in [0.717, 1.165) is 16.7 Å². The molecule has 4 nitrogen and oxygen atoms in total. The van der Waals surface area contributed by atoms with Crippen molar-refractivity contribution in [3.8, 4) is 0 Å². The highest BCUT2D eigenvalue weighted by atomic mass is 32.1. The van der Waals surface area contributed by atoms with Crippen LogP contribution in [-0.2, 0) is 4.74 Å². The molecule has 2 unspecified atom stereocenters. The van der Waals surface area contributed by atoms with Crippen molar-refractivity contribution in [2.75, 3.05) is 12.4 Å². The summed E-state index contributed by atoms with van der Waals surface area (Å²) in [5, 5.41) is 4.25. The van der Waals surface area contributed by atoms with E-state index in [4.69, 9.17) is 4.74 Å². The van der Waals surface area contributed by atoms with E-state index in [1.807, 2.05) is 6.92 Å². The molecule has 0 spiro atoms. The second-order valence-corrected chi connectivity index (χ2v) is 5.68. The van der Waals surface area contributed by atoms with Gasteiger partial charge in [-0.25, -0.2) is 9.78 Å². The van der Waals surface area contributed by atoms with E-state index in [2.05, 4.69) is 17.2 Å². The Labute approximate surface area is 105 Å². The van der Waals surface area contributed by atoms with Gasteiger partial charge in [-0.1, -0.05) is 18.3 Å². The number of nitrogens with one attached hydrogen (secondary N) is 1. The number of thiazole rings is 1. The third kappa shape index (κ3) is 2.77. The van der Waals surface area contributed by atoms with Gasteiger partial charge >= 0.3 is 5.97 Å². The van der Waals surface area contributed by atoms with Crippen molar-refractivity contribution in [1.29, 1.82) is 0 Å². The van der Waals surface area contributed by atoms with Crippen LogP contribution >= 0.6 is 11.3 Å². The summed E-state index contributed by atoms with van der Waals surface area (Å²) in [7, 11) is 1.40. The molecule has 2 rings (SSSR count). The fourth-order valence-electron chi connectivity index (χ4n) is 2.25. The third-order valence-electron chi connectivity index (χ3n) is 3.19. The molecule has 17 heavy (non-hydrogen) atoms. The quantitative estimate of drug-likeness (QED) is 0.843. The molecule has 1 aromatic heterocycles. The standard InChI is InChI=1S/C12H18N2O2S/c1-7-4-5-9(6-7)14-12-13-8(2)10(17-12)11(15)16-3/h7,9H,4-6H2,1-3H3,(H,13,14). The molecule has 1 heterocycles. The molecule has 0 aliphatic heterocycles. The van der Waals surface area contributed by atoms with Gasteiger partial charge in [-0.2, -0.15) is 0 Å². The fourth-order valence-corrected chi connectivity index (χ4v) is 3.21. The molecule has 2 atom stereocenters. The van der Waals surface area contributed by atoms with E-state index in [1.165, 1.54) is 37.7 Å². The second kappa shape index (κ2) is 5.04. The summed E-state index contributed by atoms with van der Waals surface area (Å²) in [6.07, 6.45) is 3.64. The number of anilines is 1. The molecule has 1 aliphatic carbocycles. The lowest BCUT2D eigenvalue weighted by Gasteiger charge is -2.10. The first-order valence-electron chi connectivity index (χ1n) is 5.92. The van der Waals surface area contributed by atoms with Gasteiger partial charge in [0.1, 0.15) is 4.88 Å². The monoisotopic (exact) mass is 254 g/mol. The van der Waals surface area contributed by atoms with Crippen LogP contribution < -0.4 is 5.32 Å². The number of rotatable bonds is 3. The molecule has 94 valence electrons. The van der Waals surface area contributed by atoms with E-state index in [-0.39, 0.29) is 5.97 Å². The van der Waals surface area contributed by atoms with Gasteiger partial charge in [-0.05, 0) is 32.1 Å². The zero-order chi connectivity index (χ0) is 12.4. The van der Waals surface area contributed by atoms with Crippen LogP contribution in [0.5, 0.6) is 0 Å². The summed E-state index contributed by atoms with van der Waals surface area (Å²) in [6, 6.07) is 0.501. The van der Waals surface area contributed by atoms with E-state index in [9.17, 15) is 4.79 Å². The SMILES string of the molecule is COC(=O)c1sc(NC2CCC(C)C2)nc1C. The van der Waals surface area contributed by atoms with Gasteiger partial charge in [-0.3, -0.25) is 0 Å². The van der Waals surface area contributed by atoms with Gasteiger partial charge in [0.15, 0.2) is 5.13 Å². The Morgan fingerprint density at radius 2 is 2.29 bits per heavy atom. The smallest absolute Gasteiger partial charge is 0.350 e. The summed E-state index contributed by atoms with van der Waals surface area (Å²) >= 11 is 1.38. The lowest BCUT2D eigenvalue weighted by atomic mass is 10.1. The Morgan fingerprint density at radius 3 is 2.88 bits per heavy atom. The Bertz CT molecular complexity index is 417. The van der Waals surface area contributed by atoms with Crippen molar-refractivity contribution in [2.24, 2.45) is 5.92 Å². The van der Waals surface area contributed by atoms with Crippen molar-refractivity contribution in [3.05, 3.63) is 10.6 Å². The number of carbonyl (C=O) groups is 1. The predicted octanol–water partition coefficient (Wildman–Crippen LogP) is 2.84. The normalized spacial score (nSPS) is 23.7. The van der Waals surface area contributed by atoms with Crippen LogP contribution in [0.2, 0.25) is 0 Å². The molecule has 1 N–H and O–H groups in total. The average molecular weight is 254 g/mol. The maximum absolute atomic E-state index is 11.5. The number of hydrogen-bond donors (Lipinski definition) is 1. The van der Waals surface area contributed by atoms with Crippen molar-refractivity contribution >= 4 is 22.4 Å². The largest absolute Gasteiger partial charge is 0.465 e. The summed E-state index contributed by atoms with van der Waals surface area (Å²) < 4.78 is 4.72. The first kappa shape index (κ1) is 12.4. The summed E-state index contributed by atoms with van der Waals surface area (Å²) in [4.78, 5) is 16.4.